The van der Waals surface area contributed by atoms with Gasteiger partial charge in [-0.2, -0.15) is 4.98 Å². The summed E-state index contributed by atoms with van der Waals surface area (Å²) in [6.45, 7) is 2.11. The molecule has 0 bridgehead atoms. The van der Waals surface area contributed by atoms with Crippen LogP contribution in [-0.4, -0.2) is 26.0 Å². The van der Waals surface area contributed by atoms with Gasteiger partial charge in [0.2, 0.25) is 17.6 Å². The molecular weight excluding hydrogens is 362 g/mol. The van der Waals surface area contributed by atoms with E-state index < -0.39 is 0 Å². The molecule has 0 fully saturated rings. The van der Waals surface area contributed by atoms with Crippen LogP contribution < -0.4 is 5.32 Å². The second-order valence-electron chi connectivity index (χ2n) is 5.98. The molecule has 1 N–H and O–H groups in total. The van der Waals surface area contributed by atoms with Crippen molar-refractivity contribution in [2.24, 2.45) is 0 Å². The molecule has 136 valence electrons. The van der Waals surface area contributed by atoms with Gasteiger partial charge in [0.25, 0.3) is 0 Å². The number of nitrogens with one attached hydrogen (secondary N) is 1. The Hall–Kier alpha value is -3.13. The first-order chi connectivity index (χ1) is 13.2. The summed E-state index contributed by atoms with van der Waals surface area (Å²) in [6.07, 6.45) is 4.92. The van der Waals surface area contributed by atoms with Gasteiger partial charge in [0.05, 0.1) is 10.2 Å². The Kier molecular flexibility index (Phi) is 4.88. The number of aryl methyl sites for hydroxylation is 2. The number of nitrogens with zero attached hydrogens (tertiary/aromatic N) is 4. The Morgan fingerprint density at radius 2 is 2.19 bits per heavy atom. The van der Waals surface area contributed by atoms with Crippen LogP contribution in [0.25, 0.3) is 21.6 Å². The van der Waals surface area contributed by atoms with Crippen molar-refractivity contribution in [3.63, 3.8) is 0 Å². The Balaban J connectivity index is 1.37. The summed E-state index contributed by atoms with van der Waals surface area (Å²) >= 11 is 1.48. The van der Waals surface area contributed by atoms with Gasteiger partial charge in [0.1, 0.15) is 0 Å². The molecule has 0 unspecified atom stereocenters. The SMILES string of the molecule is CCc1ccc2nc(NC(=O)CCc3nc(-c4cccnc4)no3)sc2c1. The highest BCUT2D eigenvalue weighted by Gasteiger charge is 2.12. The van der Waals surface area contributed by atoms with Crippen LogP contribution in [0, 0.1) is 0 Å². The zero-order valence-corrected chi connectivity index (χ0v) is 15.5. The van der Waals surface area contributed by atoms with Gasteiger partial charge in [-0.05, 0) is 36.2 Å². The van der Waals surface area contributed by atoms with Crippen LogP contribution in [-0.2, 0) is 17.6 Å². The maximum Gasteiger partial charge on any atom is 0.227 e. The fourth-order valence-electron chi connectivity index (χ4n) is 2.61. The number of aromatic nitrogens is 4. The Bertz CT molecular complexity index is 1070. The van der Waals surface area contributed by atoms with Crippen LogP contribution in [0.15, 0.2) is 47.2 Å². The lowest BCUT2D eigenvalue weighted by Gasteiger charge is -1.98. The number of hydrogen-bond acceptors (Lipinski definition) is 7. The predicted molar refractivity (Wildman–Crippen MR) is 103 cm³/mol. The van der Waals surface area contributed by atoms with Crippen LogP contribution >= 0.6 is 11.3 Å². The monoisotopic (exact) mass is 379 g/mol. The highest BCUT2D eigenvalue weighted by molar-refractivity contribution is 7.22. The maximum atomic E-state index is 12.2. The van der Waals surface area contributed by atoms with E-state index in [2.05, 4.69) is 44.5 Å². The van der Waals surface area contributed by atoms with Gasteiger partial charge in [0.15, 0.2) is 5.13 Å². The van der Waals surface area contributed by atoms with Gasteiger partial charge in [0, 0.05) is 30.8 Å². The third-order valence-corrected chi connectivity index (χ3v) is 4.99. The molecule has 27 heavy (non-hydrogen) atoms. The molecular formula is C19H17N5O2S. The standard InChI is InChI=1S/C19H17N5O2S/c1-2-12-5-6-14-15(10-12)27-19(21-14)22-16(25)7-8-17-23-18(24-26-17)13-4-3-9-20-11-13/h3-6,9-11H,2,7-8H2,1H3,(H,21,22,25). The maximum absolute atomic E-state index is 12.2. The van der Waals surface area contributed by atoms with Crippen molar-refractivity contribution in [2.45, 2.75) is 26.2 Å². The summed E-state index contributed by atoms with van der Waals surface area (Å²) < 4.78 is 6.28. The zero-order chi connectivity index (χ0) is 18.6. The minimum atomic E-state index is -0.133. The third-order valence-electron chi connectivity index (χ3n) is 4.06. The number of carbonyl (C=O) groups is 1. The molecule has 0 saturated carbocycles. The lowest BCUT2D eigenvalue weighted by molar-refractivity contribution is -0.116. The highest BCUT2D eigenvalue weighted by Crippen LogP contribution is 2.27. The number of benzene rings is 1. The molecule has 7 nitrogen and oxygen atoms in total. The van der Waals surface area contributed by atoms with Gasteiger partial charge in [-0.25, -0.2) is 4.98 Å². The van der Waals surface area contributed by atoms with Gasteiger partial charge in [-0.3, -0.25) is 9.78 Å². The third kappa shape index (κ3) is 4.01. The molecule has 3 heterocycles. The summed E-state index contributed by atoms with van der Waals surface area (Å²) in [4.78, 5) is 25.0. The van der Waals surface area contributed by atoms with Crippen molar-refractivity contribution in [1.82, 2.24) is 20.1 Å². The molecule has 0 aliphatic rings. The average molecular weight is 379 g/mol. The van der Waals surface area contributed by atoms with Crippen molar-refractivity contribution in [3.05, 3.63) is 54.2 Å². The minimum absolute atomic E-state index is 0.133. The van der Waals surface area contributed by atoms with Crippen molar-refractivity contribution >= 4 is 32.6 Å². The van der Waals surface area contributed by atoms with Crippen LogP contribution in [0.1, 0.15) is 24.8 Å². The lowest BCUT2D eigenvalue weighted by atomic mass is 10.2. The smallest absolute Gasteiger partial charge is 0.227 e. The molecule has 0 atom stereocenters. The molecule has 1 amide bonds. The van der Waals surface area contributed by atoms with Crippen molar-refractivity contribution in [3.8, 4) is 11.4 Å². The molecule has 0 spiro atoms. The number of carbonyl (C=O) groups excluding carboxylic acids is 1. The fourth-order valence-corrected chi connectivity index (χ4v) is 3.56. The van der Waals surface area contributed by atoms with E-state index in [0.29, 0.717) is 23.3 Å². The van der Waals surface area contributed by atoms with Gasteiger partial charge >= 0.3 is 0 Å². The number of thiazole rings is 1. The zero-order valence-electron chi connectivity index (χ0n) is 14.7. The van der Waals surface area contributed by atoms with Crippen LogP contribution in [0.2, 0.25) is 0 Å². The Morgan fingerprint density at radius 1 is 1.26 bits per heavy atom. The summed E-state index contributed by atoms with van der Waals surface area (Å²) in [6, 6.07) is 9.81. The number of rotatable bonds is 6. The number of anilines is 1. The van der Waals surface area contributed by atoms with Crippen molar-refractivity contribution < 1.29 is 9.32 Å². The molecule has 1 aromatic carbocycles. The number of amides is 1. The first-order valence-corrected chi connectivity index (χ1v) is 9.45. The predicted octanol–water partition coefficient (Wildman–Crippen LogP) is 3.88. The van der Waals surface area contributed by atoms with E-state index >= 15 is 0 Å². The summed E-state index contributed by atoms with van der Waals surface area (Å²) in [7, 11) is 0. The number of fused-ring (bicyclic) bond motifs is 1. The summed E-state index contributed by atoms with van der Waals surface area (Å²) in [5.74, 6) is 0.753. The average Bonchev–Trinajstić information content (AvgIpc) is 3.33. The fraction of sp³-hybridized carbons (Fsp3) is 0.211. The van der Waals surface area contributed by atoms with Crippen LogP contribution in [0.5, 0.6) is 0 Å². The molecule has 0 saturated heterocycles. The van der Waals surface area contributed by atoms with Gasteiger partial charge in [-0.1, -0.05) is 29.5 Å². The Labute approximate surface area is 159 Å². The normalized spacial score (nSPS) is 11.0. The molecule has 0 aliphatic heterocycles. The van der Waals surface area contributed by atoms with E-state index in [9.17, 15) is 4.79 Å². The van der Waals surface area contributed by atoms with Crippen molar-refractivity contribution in [1.29, 1.82) is 0 Å². The second kappa shape index (κ2) is 7.63. The van der Waals surface area contributed by atoms with Crippen molar-refractivity contribution in [2.75, 3.05) is 5.32 Å². The van der Waals surface area contributed by atoms with Crippen LogP contribution in [0.3, 0.4) is 0 Å². The van der Waals surface area contributed by atoms with Gasteiger partial charge < -0.3 is 9.84 Å². The first kappa shape index (κ1) is 17.3. The Morgan fingerprint density at radius 3 is 3.00 bits per heavy atom. The minimum Gasteiger partial charge on any atom is -0.339 e. The number of hydrogen-bond donors (Lipinski definition) is 1. The largest absolute Gasteiger partial charge is 0.339 e. The molecule has 8 heteroatoms. The molecule has 3 aromatic heterocycles. The quantitative estimate of drug-likeness (QED) is 0.546. The highest BCUT2D eigenvalue weighted by atomic mass is 32.1. The molecule has 4 rings (SSSR count). The lowest BCUT2D eigenvalue weighted by Crippen LogP contribution is -2.12. The molecule has 4 aromatic rings. The molecule has 0 aliphatic carbocycles. The van der Waals surface area contributed by atoms with E-state index in [-0.39, 0.29) is 12.3 Å². The van der Waals surface area contributed by atoms with E-state index in [0.717, 1.165) is 22.2 Å². The topological polar surface area (TPSA) is 93.8 Å². The van der Waals surface area contributed by atoms with E-state index in [1.165, 1.54) is 16.9 Å². The van der Waals surface area contributed by atoms with Gasteiger partial charge in [-0.15, -0.1) is 0 Å². The second-order valence-corrected chi connectivity index (χ2v) is 7.01. The van der Waals surface area contributed by atoms with E-state index in [1.807, 2.05) is 12.1 Å². The number of pyridine rings is 1. The summed E-state index contributed by atoms with van der Waals surface area (Å²) in [5.41, 5.74) is 2.92. The van der Waals surface area contributed by atoms with E-state index in [1.54, 1.807) is 18.5 Å². The summed E-state index contributed by atoms with van der Waals surface area (Å²) in [5, 5.41) is 7.37. The first-order valence-electron chi connectivity index (χ1n) is 8.63. The van der Waals surface area contributed by atoms with Crippen LogP contribution in [0.4, 0.5) is 5.13 Å². The molecule has 0 radical (unpaired) electrons. The van der Waals surface area contributed by atoms with E-state index in [4.69, 9.17) is 4.52 Å².